The number of rotatable bonds is 4. The van der Waals surface area contributed by atoms with E-state index in [0.717, 1.165) is 35.7 Å². The van der Waals surface area contributed by atoms with E-state index in [4.69, 9.17) is 4.74 Å². The van der Waals surface area contributed by atoms with Gasteiger partial charge in [0.25, 0.3) is 0 Å². The maximum atomic E-state index is 5.85. The average Bonchev–Trinajstić information content (AvgIpc) is 2.33. The van der Waals surface area contributed by atoms with Crippen LogP contribution in [0.3, 0.4) is 0 Å². The van der Waals surface area contributed by atoms with Gasteiger partial charge in [0.05, 0.1) is 6.61 Å². The molecule has 1 aromatic rings. The minimum absolute atomic E-state index is 0.791. The van der Waals surface area contributed by atoms with Crippen LogP contribution in [0, 0.1) is 12.8 Å². The quantitative estimate of drug-likeness (QED) is 0.918. The molecule has 1 fully saturated rings. The zero-order valence-electron chi connectivity index (χ0n) is 10.3. The highest BCUT2D eigenvalue weighted by Gasteiger charge is 2.12. The van der Waals surface area contributed by atoms with Crippen molar-refractivity contribution in [3.63, 3.8) is 0 Å². The molecule has 1 heterocycles. The van der Waals surface area contributed by atoms with Crippen LogP contribution in [0.1, 0.15) is 24.8 Å². The number of nitrogens with one attached hydrogen (secondary N) is 1. The van der Waals surface area contributed by atoms with Gasteiger partial charge in [-0.25, -0.2) is 0 Å². The van der Waals surface area contributed by atoms with Crippen molar-refractivity contribution >= 4 is 15.9 Å². The fourth-order valence-corrected chi connectivity index (χ4v) is 2.76. The molecule has 2 nitrogen and oxygen atoms in total. The van der Waals surface area contributed by atoms with Gasteiger partial charge in [-0.2, -0.15) is 0 Å². The van der Waals surface area contributed by atoms with Crippen LogP contribution in [0.15, 0.2) is 22.7 Å². The van der Waals surface area contributed by atoms with E-state index in [0.29, 0.717) is 0 Å². The Bertz CT molecular complexity index is 361. The highest BCUT2D eigenvalue weighted by molar-refractivity contribution is 9.10. The van der Waals surface area contributed by atoms with E-state index in [1.54, 1.807) is 0 Å². The number of hydrogen-bond donors (Lipinski definition) is 1. The lowest BCUT2D eigenvalue weighted by Crippen LogP contribution is -2.30. The van der Waals surface area contributed by atoms with E-state index in [1.165, 1.54) is 24.9 Å². The summed E-state index contributed by atoms with van der Waals surface area (Å²) in [5.74, 6) is 1.80. The van der Waals surface area contributed by atoms with Gasteiger partial charge >= 0.3 is 0 Å². The minimum Gasteiger partial charge on any atom is -0.493 e. The summed E-state index contributed by atoms with van der Waals surface area (Å²) in [6, 6.07) is 6.17. The Labute approximate surface area is 112 Å². The molecular weight excluding hydrogens is 278 g/mol. The summed E-state index contributed by atoms with van der Waals surface area (Å²) in [5, 5.41) is 3.44. The van der Waals surface area contributed by atoms with Crippen molar-refractivity contribution in [1.82, 2.24) is 5.32 Å². The lowest BCUT2D eigenvalue weighted by molar-refractivity contribution is 0.253. The van der Waals surface area contributed by atoms with Crippen molar-refractivity contribution in [3.8, 4) is 5.75 Å². The van der Waals surface area contributed by atoms with E-state index < -0.39 is 0 Å². The molecule has 0 spiro atoms. The first-order chi connectivity index (χ1) is 8.25. The van der Waals surface area contributed by atoms with Crippen molar-refractivity contribution in [2.24, 2.45) is 5.92 Å². The molecule has 0 aliphatic carbocycles. The summed E-state index contributed by atoms with van der Waals surface area (Å²) in [4.78, 5) is 0. The third-order valence-corrected chi connectivity index (χ3v) is 3.81. The summed E-state index contributed by atoms with van der Waals surface area (Å²) in [5.41, 5.74) is 1.20. The molecule has 1 aliphatic rings. The molecule has 0 saturated carbocycles. The topological polar surface area (TPSA) is 21.3 Å². The molecule has 0 radical (unpaired) electrons. The van der Waals surface area contributed by atoms with Gasteiger partial charge in [-0.15, -0.1) is 0 Å². The second-order valence-corrected chi connectivity index (χ2v) is 5.68. The number of piperidine rings is 1. The van der Waals surface area contributed by atoms with Crippen LogP contribution in [0.25, 0.3) is 0 Å². The summed E-state index contributed by atoms with van der Waals surface area (Å²) < 4.78 is 6.96. The SMILES string of the molecule is Cc1cc(Br)ccc1OCC[C@H]1CCCNC1. The fourth-order valence-electron chi connectivity index (χ4n) is 2.28. The first-order valence-corrected chi connectivity index (χ1v) is 7.14. The molecule has 0 amide bonds. The van der Waals surface area contributed by atoms with Gasteiger partial charge in [-0.3, -0.25) is 0 Å². The van der Waals surface area contributed by atoms with Gasteiger partial charge in [0.2, 0.25) is 0 Å². The normalized spacial score (nSPS) is 20.2. The first-order valence-electron chi connectivity index (χ1n) is 6.35. The van der Waals surface area contributed by atoms with Crippen molar-refractivity contribution in [1.29, 1.82) is 0 Å². The number of benzene rings is 1. The van der Waals surface area contributed by atoms with Gasteiger partial charge in [0.15, 0.2) is 0 Å². The van der Waals surface area contributed by atoms with Crippen LogP contribution < -0.4 is 10.1 Å². The first kappa shape index (κ1) is 12.9. The van der Waals surface area contributed by atoms with Crippen LogP contribution in [0.4, 0.5) is 0 Å². The monoisotopic (exact) mass is 297 g/mol. The van der Waals surface area contributed by atoms with Gasteiger partial charge in [-0.05, 0) is 69.0 Å². The van der Waals surface area contributed by atoms with Gasteiger partial charge < -0.3 is 10.1 Å². The maximum Gasteiger partial charge on any atom is 0.122 e. The van der Waals surface area contributed by atoms with E-state index in [-0.39, 0.29) is 0 Å². The molecule has 1 saturated heterocycles. The van der Waals surface area contributed by atoms with Crippen LogP contribution in [0.5, 0.6) is 5.75 Å². The Morgan fingerprint density at radius 2 is 2.35 bits per heavy atom. The molecule has 2 rings (SSSR count). The smallest absolute Gasteiger partial charge is 0.122 e. The van der Waals surface area contributed by atoms with Gasteiger partial charge in [-0.1, -0.05) is 15.9 Å². The van der Waals surface area contributed by atoms with E-state index in [1.807, 2.05) is 12.1 Å². The third kappa shape index (κ3) is 4.00. The van der Waals surface area contributed by atoms with E-state index in [2.05, 4.69) is 34.2 Å². The number of ether oxygens (including phenoxy) is 1. The van der Waals surface area contributed by atoms with Crippen molar-refractivity contribution < 1.29 is 4.74 Å². The zero-order valence-corrected chi connectivity index (χ0v) is 11.9. The molecule has 0 unspecified atom stereocenters. The van der Waals surface area contributed by atoms with Crippen LogP contribution in [-0.2, 0) is 0 Å². The van der Waals surface area contributed by atoms with Crippen LogP contribution in [0.2, 0.25) is 0 Å². The molecule has 1 N–H and O–H groups in total. The average molecular weight is 298 g/mol. The molecule has 1 aliphatic heterocycles. The Kier molecular flexibility index (Phi) is 4.86. The van der Waals surface area contributed by atoms with Gasteiger partial charge in [0.1, 0.15) is 5.75 Å². The Morgan fingerprint density at radius 1 is 1.47 bits per heavy atom. The number of aryl methyl sites for hydroxylation is 1. The number of hydrogen-bond acceptors (Lipinski definition) is 2. The second kappa shape index (κ2) is 6.41. The maximum absolute atomic E-state index is 5.85. The van der Waals surface area contributed by atoms with Crippen LogP contribution >= 0.6 is 15.9 Å². The second-order valence-electron chi connectivity index (χ2n) is 4.76. The lowest BCUT2D eigenvalue weighted by atomic mass is 9.97. The lowest BCUT2D eigenvalue weighted by Gasteiger charge is -2.22. The Balaban J connectivity index is 1.77. The molecule has 1 atom stereocenters. The van der Waals surface area contributed by atoms with Gasteiger partial charge in [0, 0.05) is 4.47 Å². The molecule has 3 heteroatoms. The minimum atomic E-state index is 0.791. The highest BCUT2D eigenvalue weighted by atomic mass is 79.9. The predicted molar refractivity (Wildman–Crippen MR) is 74.6 cm³/mol. The standard InChI is InChI=1S/C14H20BrNO/c1-11-9-13(15)4-5-14(11)17-8-6-12-3-2-7-16-10-12/h4-5,9,12,16H,2-3,6-8,10H2,1H3/t12-/m1/s1. The summed E-state index contributed by atoms with van der Waals surface area (Å²) in [6.45, 7) is 5.25. The number of halogens is 1. The van der Waals surface area contributed by atoms with E-state index in [9.17, 15) is 0 Å². The molecular formula is C14H20BrNO. The Morgan fingerprint density at radius 3 is 3.06 bits per heavy atom. The molecule has 0 aromatic heterocycles. The van der Waals surface area contributed by atoms with Crippen molar-refractivity contribution in [3.05, 3.63) is 28.2 Å². The molecule has 94 valence electrons. The Hall–Kier alpha value is -0.540. The third-order valence-electron chi connectivity index (χ3n) is 3.32. The largest absolute Gasteiger partial charge is 0.493 e. The summed E-state index contributed by atoms with van der Waals surface area (Å²) in [6.07, 6.45) is 3.81. The summed E-state index contributed by atoms with van der Waals surface area (Å²) in [7, 11) is 0. The van der Waals surface area contributed by atoms with Crippen molar-refractivity contribution in [2.45, 2.75) is 26.2 Å². The molecule has 17 heavy (non-hydrogen) atoms. The zero-order chi connectivity index (χ0) is 12.1. The van der Waals surface area contributed by atoms with E-state index >= 15 is 0 Å². The highest BCUT2D eigenvalue weighted by Crippen LogP contribution is 2.23. The van der Waals surface area contributed by atoms with Crippen molar-refractivity contribution in [2.75, 3.05) is 19.7 Å². The van der Waals surface area contributed by atoms with Crippen LogP contribution in [-0.4, -0.2) is 19.7 Å². The summed E-state index contributed by atoms with van der Waals surface area (Å²) >= 11 is 3.46. The molecule has 0 bridgehead atoms. The predicted octanol–water partition coefficient (Wildman–Crippen LogP) is 3.53. The fraction of sp³-hybridized carbons (Fsp3) is 0.571. The molecule has 1 aromatic carbocycles.